The maximum Gasteiger partial charge on any atom is 0.244 e. The van der Waals surface area contributed by atoms with Gasteiger partial charge in [-0.25, -0.2) is 0 Å². The Morgan fingerprint density at radius 2 is 1.80 bits per heavy atom. The van der Waals surface area contributed by atoms with E-state index >= 15 is 0 Å². The molecule has 1 saturated carbocycles. The normalized spacial score (nSPS) is 16.7. The molecule has 1 aromatic carbocycles. The smallest absolute Gasteiger partial charge is 0.244 e. The van der Waals surface area contributed by atoms with E-state index in [4.69, 9.17) is 4.74 Å². The van der Waals surface area contributed by atoms with Crippen molar-refractivity contribution >= 4 is 11.6 Å². The minimum Gasteiger partial charge on any atom is -0.497 e. The first-order chi connectivity index (χ1) is 9.40. The number of ether oxygens (including phenoxy) is 1. The zero-order valence-electron chi connectivity index (χ0n) is 13.0. The molecular formula is C16H24N2O2. The molecule has 0 aliphatic heterocycles. The van der Waals surface area contributed by atoms with E-state index < -0.39 is 0 Å². The molecule has 0 saturated heterocycles. The highest BCUT2D eigenvalue weighted by Gasteiger charge is 2.46. The quantitative estimate of drug-likeness (QED) is 0.919. The lowest BCUT2D eigenvalue weighted by Crippen LogP contribution is -2.58. The largest absolute Gasteiger partial charge is 0.497 e. The van der Waals surface area contributed by atoms with Gasteiger partial charge in [0.2, 0.25) is 5.91 Å². The minimum atomic E-state index is -0.335. The molecule has 1 N–H and O–H groups in total. The molecule has 4 nitrogen and oxygen atoms in total. The third kappa shape index (κ3) is 2.40. The van der Waals surface area contributed by atoms with Gasteiger partial charge < -0.3 is 10.1 Å². The molecule has 0 bridgehead atoms. The topological polar surface area (TPSA) is 41.6 Å². The molecule has 1 aliphatic carbocycles. The highest BCUT2D eigenvalue weighted by Crippen LogP contribution is 2.38. The number of likely N-dealkylation sites (N-methyl/N-ethyl adjacent to an activating group) is 1. The Balaban J connectivity index is 2.24. The molecule has 0 heterocycles. The van der Waals surface area contributed by atoms with Crippen LogP contribution in [0.2, 0.25) is 0 Å². The number of nitrogens with zero attached hydrogens (tertiary/aromatic N) is 1. The van der Waals surface area contributed by atoms with Crippen LogP contribution in [0, 0.1) is 13.8 Å². The van der Waals surface area contributed by atoms with Crippen molar-refractivity contribution in [2.75, 3.05) is 26.5 Å². The van der Waals surface area contributed by atoms with Crippen LogP contribution in [-0.2, 0) is 4.79 Å². The lowest BCUT2D eigenvalue weighted by atomic mass is 9.75. The fourth-order valence-corrected chi connectivity index (χ4v) is 2.86. The van der Waals surface area contributed by atoms with E-state index in [2.05, 4.69) is 5.32 Å². The maximum atomic E-state index is 12.6. The number of benzene rings is 1. The Kier molecular flexibility index (Phi) is 4.04. The van der Waals surface area contributed by atoms with Crippen molar-refractivity contribution in [3.05, 3.63) is 23.3 Å². The van der Waals surface area contributed by atoms with Crippen LogP contribution in [0.15, 0.2) is 12.1 Å². The second-order valence-corrected chi connectivity index (χ2v) is 5.87. The van der Waals surface area contributed by atoms with Gasteiger partial charge in [0.15, 0.2) is 0 Å². The van der Waals surface area contributed by atoms with Crippen molar-refractivity contribution in [1.29, 1.82) is 0 Å². The molecular weight excluding hydrogens is 252 g/mol. The number of carbonyl (C=O) groups is 1. The van der Waals surface area contributed by atoms with Crippen molar-refractivity contribution in [3.8, 4) is 5.75 Å². The third-order valence-electron chi connectivity index (χ3n) is 4.44. The van der Waals surface area contributed by atoms with Gasteiger partial charge in [-0.1, -0.05) is 0 Å². The number of aryl methyl sites for hydroxylation is 2. The summed E-state index contributed by atoms with van der Waals surface area (Å²) in [6.07, 6.45) is 2.98. The molecule has 0 unspecified atom stereocenters. The summed E-state index contributed by atoms with van der Waals surface area (Å²) >= 11 is 0. The predicted molar refractivity (Wildman–Crippen MR) is 81.4 cm³/mol. The second-order valence-electron chi connectivity index (χ2n) is 5.87. The average Bonchev–Trinajstić information content (AvgIpc) is 2.31. The van der Waals surface area contributed by atoms with E-state index in [-0.39, 0.29) is 11.4 Å². The van der Waals surface area contributed by atoms with Gasteiger partial charge in [-0.15, -0.1) is 0 Å². The van der Waals surface area contributed by atoms with E-state index in [1.54, 1.807) is 7.11 Å². The molecule has 1 fully saturated rings. The van der Waals surface area contributed by atoms with Crippen molar-refractivity contribution in [2.24, 2.45) is 0 Å². The average molecular weight is 276 g/mol. The van der Waals surface area contributed by atoms with Crippen molar-refractivity contribution < 1.29 is 9.53 Å². The van der Waals surface area contributed by atoms with E-state index in [1.807, 2.05) is 45.0 Å². The number of methoxy groups -OCH3 is 1. The molecule has 0 aromatic heterocycles. The van der Waals surface area contributed by atoms with Gasteiger partial charge in [-0.2, -0.15) is 0 Å². The molecule has 1 aliphatic rings. The fraction of sp³-hybridized carbons (Fsp3) is 0.562. The summed E-state index contributed by atoms with van der Waals surface area (Å²) in [5.41, 5.74) is 2.63. The Morgan fingerprint density at radius 3 is 2.15 bits per heavy atom. The van der Waals surface area contributed by atoms with E-state index in [0.29, 0.717) is 0 Å². The number of amides is 1. The Hall–Kier alpha value is -1.55. The highest BCUT2D eigenvalue weighted by atomic mass is 16.5. The predicted octanol–water partition coefficient (Wildman–Crippen LogP) is 2.73. The summed E-state index contributed by atoms with van der Waals surface area (Å²) in [7, 11) is 5.61. The van der Waals surface area contributed by atoms with Crippen LogP contribution in [-0.4, -0.2) is 37.6 Å². The lowest BCUT2D eigenvalue weighted by molar-refractivity contribution is -0.131. The van der Waals surface area contributed by atoms with Gasteiger partial charge in [0.1, 0.15) is 11.3 Å². The van der Waals surface area contributed by atoms with Gasteiger partial charge in [0.25, 0.3) is 0 Å². The van der Waals surface area contributed by atoms with Crippen molar-refractivity contribution in [3.63, 3.8) is 0 Å². The highest BCUT2D eigenvalue weighted by molar-refractivity contribution is 6.00. The molecule has 1 amide bonds. The first-order valence-electron chi connectivity index (χ1n) is 7.05. The molecule has 0 atom stereocenters. The molecule has 2 rings (SSSR count). The zero-order valence-corrected chi connectivity index (χ0v) is 13.0. The Labute approximate surface area is 121 Å². The van der Waals surface area contributed by atoms with Crippen LogP contribution < -0.4 is 10.1 Å². The Bertz CT molecular complexity index is 496. The van der Waals surface area contributed by atoms with Gasteiger partial charge >= 0.3 is 0 Å². The van der Waals surface area contributed by atoms with Crippen molar-refractivity contribution in [1.82, 2.24) is 4.90 Å². The number of carbonyl (C=O) groups excluding carboxylic acids is 1. The molecule has 0 radical (unpaired) electrons. The third-order valence-corrected chi connectivity index (χ3v) is 4.44. The standard InChI is InChI=1S/C16H24N2O2/c1-11-9-13(20-5)10-12(2)14(11)17-15(19)16(18(3)4)7-6-8-16/h9-10H,6-8H2,1-5H3,(H,17,19). The van der Waals surface area contributed by atoms with Gasteiger partial charge in [0.05, 0.1) is 7.11 Å². The van der Waals surface area contributed by atoms with Crippen molar-refractivity contribution in [2.45, 2.75) is 38.6 Å². The molecule has 110 valence electrons. The molecule has 0 spiro atoms. The van der Waals surface area contributed by atoms with Gasteiger partial charge in [0, 0.05) is 5.69 Å². The summed E-state index contributed by atoms with van der Waals surface area (Å²) in [4.78, 5) is 14.7. The summed E-state index contributed by atoms with van der Waals surface area (Å²) in [5, 5.41) is 3.12. The number of hydrogen-bond acceptors (Lipinski definition) is 3. The number of rotatable bonds is 4. The summed E-state index contributed by atoms with van der Waals surface area (Å²) in [6.45, 7) is 3.99. The van der Waals surface area contributed by atoms with Crippen LogP contribution in [0.25, 0.3) is 0 Å². The minimum absolute atomic E-state index is 0.102. The summed E-state index contributed by atoms with van der Waals surface area (Å²) < 4.78 is 5.25. The second kappa shape index (κ2) is 5.44. The maximum absolute atomic E-state index is 12.6. The first-order valence-corrected chi connectivity index (χ1v) is 7.05. The monoisotopic (exact) mass is 276 g/mol. The first kappa shape index (κ1) is 14.9. The number of nitrogens with one attached hydrogen (secondary N) is 1. The summed E-state index contributed by atoms with van der Waals surface area (Å²) in [5.74, 6) is 0.925. The molecule has 20 heavy (non-hydrogen) atoms. The summed E-state index contributed by atoms with van der Waals surface area (Å²) in [6, 6.07) is 3.90. The molecule has 4 heteroatoms. The number of hydrogen-bond donors (Lipinski definition) is 1. The van der Waals surface area contributed by atoms with Crippen LogP contribution in [0.1, 0.15) is 30.4 Å². The van der Waals surface area contributed by atoms with Gasteiger partial charge in [-0.05, 0) is 70.5 Å². The van der Waals surface area contributed by atoms with Crippen LogP contribution in [0.3, 0.4) is 0 Å². The van der Waals surface area contributed by atoms with Crippen LogP contribution >= 0.6 is 0 Å². The fourth-order valence-electron chi connectivity index (χ4n) is 2.86. The lowest BCUT2D eigenvalue weighted by Gasteiger charge is -2.45. The van der Waals surface area contributed by atoms with Crippen LogP contribution in [0.4, 0.5) is 5.69 Å². The van der Waals surface area contributed by atoms with E-state index in [9.17, 15) is 4.79 Å². The SMILES string of the molecule is COc1cc(C)c(NC(=O)C2(N(C)C)CCC2)c(C)c1. The molecule has 1 aromatic rings. The Morgan fingerprint density at radius 1 is 1.25 bits per heavy atom. The van der Waals surface area contributed by atoms with Crippen LogP contribution in [0.5, 0.6) is 5.75 Å². The van der Waals surface area contributed by atoms with E-state index in [1.165, 1.54) is 0 Å². The number of anilines is 1. The van der Waals surface area contributed by atoms with E-state index in [0.717, 1.165) is 41.8 Å². The zero-order chi connectivity index (χ0) is 14.9. The van der Waals surface area contributed by atoms with Gasteiger partial charge in [-0.3, -0.25) is 9.69 Å².